The summed E-state index contributed by atoms with van der Waals surface area (Å²) < 4.78 is 0. The Morgan fingerprint density at radius 1 is 0.967 bits per heavy atom. The SMILES string of the molecule is Cc1cc(NC(=O)C(C)(C)C)sc1C(=O)N1CCN(C(=O)c2ccc(Cl)cc2)CC1. The van der Waals surface area contributed by atoms with Gasteiger partial charge in [-0.15, -0.1) is 11.3 Å². The zero-order valence-electron chi connectivity index (χ0n) is 17.6. The van der Waals surface area contributed by atoms with Crippen molar-refractivity contribution in [2.45, 2.75) is 27.7 Å². The number of halogens is 1. The van der Waals surface area contributed by atoms with Crippen LogP contribution in [0.5, 0.6) is 0 Å². The van der Waals surface area contributed by atoms with Crippen LogP contribution in [0.25, 0.3) is 0 Å². The minimum absolute atomic E-state index is 0.0572. The first-order valence-electron chi connectivity index (χ1n) is 9.82. The van der Waals surface area contributed by atoms with Gasteiger partial charge in [0.1, 0.15) is 0 Å². The lowest BCUT2D eigenvalue weighted by Gasteiger charge is -2.34. The highest BCUT2D eigenvalue weighted by Crippen LogP contribution is 2.30. The molecule has 160 valence electrons. The molecule has 8 heteroatoms. The van der Waals surface area contributed by atoms with E-state index in [4.69, 9.17) is 11.6 Å². The van der Waals surface area contributed by atoms with E-state index in [1.807, 2.05) is 33.8 Å². The van der Waals surface area contributed by atoms with Gasteiger partial charge in [-0.25, -0.2) is 0 Å². The number of benzene rings is 1. The van der Waals surface area contributed by atoms with Crippen LogP contribution in [-0.2, 0) is 4.79 Å². The van der Waals surface area contributed by atoms with Gasteiger partial charge in [-0.2, -0.15) is 0 Å². The highest BCUT2D eigenvalue weighted by molar-refractivity contribution is 7.18. The Morgan fingerprint density at radius 2 is 1.50 bits per heavy atom. The highest BCUT2D eigenvalue weighted by Gasteiger charge is 2.28. The summed E-state index contributed by atoms with van der Waals surface area (Å²) in [6.07, 6.45) is 0. The standard InChI is InChI=1S/C22H26ClN3O3S/c1-14-13-17(24-21(29)22(2,3)4)30-18(14)20(28)26-11-9-25(10-12-26)19(27)15-5-7-16(23)8-6-15/h5-8,13H,9-12H2,1-4H3,(H,24,29). The predicted octanol–water partition coefficient (Wildman–Crippen LogP) is 4.29. The van der Waals surface area contributed by atoms with Gasteiger partial charge in [0.15, 0.2) is 0 Å². The molecular weight excluding hydrogens is 422 g/mol. The fourth-order valence-corrected chi connectivity index (χ4v) is 4.25. The zero-order valence-corrected chi connectivity index (χ0v) is 19.2. The lowest BCUT2D eigenvalue weighted by atomic mass is 9.96. The summed E-state index contributed by atoms with van der Waals surface area (Å²) in [5, 5.41) is 4.15. The number of nitrogens with zero attached hydrogens (tertiary/aromatic N) is 2. The van der Waals surface area contributed by atoms with Gasteiger partial charge < -0.3 is 15.1 Å². The monoisotopic (exact) mass is 447 g/mol. The molecule has 0 bridgehead atoms. The summed E-state index contributed by atoms with van der Waals surface area (Å²) in [5.41, 5.74) is 0.927. The summed E-state index contributed by atoms with van der Waals surface area (Å²) in [6.45, 7) is 9.31. The maximum Gasteiger partial charge on any atom is 0.264 e. The second-order valence-corrected chi connectivity index (χ2v) is 9.91. The van der Waals surface area contributed by atoms with E-state index in [1.54, 1.807) is 34.1 Å². The van der Waals surface area contributed by atoms with Crippen molar-refractivity contribution >= 4 is 45.7 Å². The Hall–Kier alpha value is -2.38. The quantitative estimate of drug-likeness (QED) is 0.762. The molecule has 0 radical (unpaired) electrons. The summed E-state index contributed by atoms with van der Waals surface area (Å²) in [6, 6.07) is 8.66. The number of amides is 3. The molecule has 6 nitrogen and oxygen atoms in total. The minimum Gasteiger partial charge on any atom is -0.335 e. The fourth-order valence-electron chi connectivity index (χ4n) is 3.09. The van der Waals surface area contributed by atoms with Crippen molar-refractivity contribution in [1.82, 2.24) is 9.80 Å². The second kappa shape index (κ2) is 8.78. The molecule has 1 N–H and O–H groups in total. The Kier molecular flexibility index (Phi) is 6.53. The normalized spacial score (nSPS) is 14.6. The van der Waals surface area contributed by atoms with Crippen molar-refractivity contribution in [2.75, 3.05) is 31.5 Å². The van der Waals surface area contributed by atoms with Crippen LogP contribution in [0, 0.1) is 12.3 Å². The van der Waals surface area contributed by atoms with Crippen LogP contribution in [-0.4, -0.2) is 53.7 Å². The van der Waals surface area contributed by atoms with Gasteiger partial charge in [0.2, 0.25) is 5.91 Å². The molecule has 0 saturated carbocycles. The molecule has 0 atom stereocenters. The topological polar surface area (TPSA) is 69.7 Å². The Bertz CT molecular complexity index is 955. The van der Waals surface area contributed by atoms with Crippen LogP contribution in [0.3, 0.4) is 0 Å². The van der Waals surface area contributed by atoms with Gasteiger partial charge in [0.05, 0.1) is 9.88 Å². The Labute approximate surface area is 185 Å². The van der Waals surface area contributed by atoms with Crippen LogP contribution in [0.1, 0.15) is 46.4 Å². The molecular formula is C22H26ClN3O3S. The number of piperazine rings is 1. The number of carbonyl (C=O) groups is 3. The zero-order chi connectivity index (χ0) is 22.1. The fraction of sp³-hybridized carbons (Fsp3) is 0.409. The van der Waals surface area contributed by atoms with Crippen molar-refractivity contribution in [3.8, 4) is 0 Å². The highest BCUT2D eigenvalue weighted by atomic mass is 35.5. The molecule has 3 amide bonds. The van der Waals surface area contributed by atoms with Crippen molar-refractivity contribution < 1.29 is 14.4 Å². The van der Waals surface area contributed by atoms with E-state index < -0.39 is 5.41 Å². The van der Waals surface area contributed by atoms with Crippen molar-refractivity contribution in [3.63, 3.8) is 0 Å². The number of rotatable bonds is 3. The number of nitrogens with one attached hydrogen (secondary N) is 1. The second-order valence-electron chi connectivity index (χ2n) is 8.42. The molecule has 0 unspecified atom stereocenters. The molecule has 2 heterocycles. The maximum atomic E-state index is 13.0. The third kappa shape index (κ3) is 5.02. The first kappa shape index (κ1) is 22.3. The minimum atomic E-state index is -0.505. The molecule has 1 fully saturated rings. The van der Waals surface area contributed by atoms with Crippen LogP contribution < -0.4 is 5.32 Å². The number of hydrogen-bond acceptors (Lipinski definition) is 4. The van der Waals surface area contributed by atoms with Gasteiger partial charge in [0.25, 0.3) is 11.8 Å². The molecule has 1 aromatic carbocycles. The number of thiophene rings is 1. The van der Waals surface area contributed by atoms with Crippen molar-refractivity contribution in [1.29, 1.82) is 0 Å². The van der Waals surface area contributed by atoms with Gasteiger partial charge in [-0.3, -0.25) is 14.4 Å². The van der Waals surface area contributed by atoms with Crippen LogP contribution >= 0.6 is 22.9 Å². The largest absolute Gasteiger partial charge is 0.335 e. The molecule has 1 aromatic heterocycles. The van der Waals surface area contributed by atoms with Gasteiger partial charge >= 0.3 is 0 Å². The molecule has 1 aliphatic heterocycles. The third-order valence-corrected chi connectivity index (χ3v) is 6.37. The summed E-state index contributed by atoms with van der Waals surface area (Å²) in [4.78, 5) is 42.0. The van der Waals surface area contributed by atoms with Crippen LogP contribution in [0.4, 0.5) is 5.00 Å². The maximum absolute atomic E-state index is 13.0. The third-order valence-electron chi connectivity index (χ3n) is 4.98. The van der Waals surface area contributed by atoms with E-state index in [1.165, 1.54) is 11.3 Å². The number of anilines is 1. The van der Waals surface area contributed by atoms with Crippen molar-refractivity contribution in [2.24, 2.45) is 5.41 Å². The average Bonchev–Trinajstić information content (AvgIpc) is 3.07. The van der Waals surface area contributed by atoms with Gasteiger partial charge in [0, 0.05) is 42.2 Å². The Balaban J connectivity index is 1.62. The summed E-state index contributed by atoms with van der Waals surface area (Å²) in [5.74, 6) is -0.206. The van der Waals surface area contributed by atoms with Gasteiger partial charge in [-0.1, -0.05) is 32.4 Å². The van der Waals surface area contributed by atoms with E-state index in [9.17, 15) is 14.4 Å². The molecule has 1 aliphatic rings. The lowest BCUT2D eigenvalue weighted by Crippen LogP contribution is -2.50. The number of aryl methyl sites for hydroxylation is 1. The molecule has 1 saturated heterocycles. The van der Waals surface area contributed by atoms with E-state index in [2.05, 4.69) is 5.32 Å². The molecule has 2 aromatic rings. The lowest BCUT2D eigenvalue weighted by molar-refractivity contribution is -0.123. The van der Waals surface area contributed by atoms with E-state index in [0.29, 0.717) is 46.6 Å². The molecule has 0 aliphatic carbocycles. The van der Waals surface area contributed by atoms with Gasteiger partial charge in [-0.05, 0) is 42.8 Å². The van der Waals surface area contributed by atoms with E-state index in [-0.39, 0.29) is 17.7 Å². The summed E-state index contributed by atoms with van der Waals surface area (Å²) >= 11 is 7.18. The summed E-state index contributed by atoms with van der Waals surface area (Å²) in [7, 11) is 0. The number of hydrogen-bond donors (Lipinski definition) is 1. The van der Waals surface area contributed by atoms with E-state index >= 15 is 0 Å². The van der Waals surface area contributed by atoms with Crippen LogP contribution in [0.15, 0.2) is 30.3 Å². The molecule has 3 rings (SSSR count). The van der Waals surface area contributed by atoms with E-state index in [0.717, 1.165) is 5.56 Å². The number of carbonyl (C=O) groups excluding carboxylic acids is 3. The first-order chi connectivity index (χ1) is 14.1. The average molecular weight is 448 g/mol. The Morgan fingerprint density at radius 3 is 2.03 bits per heavy atom. The first-order valence-corrected chi connectivity index (χ1v) is 11.0. The smallest absolute Gasteiger partial charge is 0.264 e. The van der Waals surface area contributed by atoms with Crippen molar-refractivity contribution in [3.05, 3.63) is 51.4 Å². The van der Waals surface area contributed by atoms with Crippen LogP contribution in [0.2, 0.25) is 5.02 Å². The molecule has 0 spiro atoms. The predicted molar refractivity (Wildman–Crippen MR) is 120 cm³/mol. The molecule has 30 heavy (non-hydrogen) atoms.